The standard InChI is InChI=1S/C13H17NO2/c1-10(12-5-3-2-4-6-12)14-8-11(9-15)7-13(14)16/h2-6,10-11,15H,7-9H2,1H3/t10-,11-/m0/s1. The Labute approximate surface area is 95.7 Å². The maximum atomic E-state index is 11.8. The molecule has 1 fully saturated rings. The molecule has 86 valence electrons. The van der Waals surface area contributed by atoms with Gasteiger partial charge in [0.2, 0.25) is 5.91 Å². The Morgan fingerprint density at radius 2 is 2.12 bits per heavy atom. The summed E-state index contributed by atoms with van der Waals surface area (Å²) in [6.07, 6.45) is 0.480. The van der Waals surface area contributed by atoms with Crippen LogP contribution in [0.25, 0.3) is 0 Å². The summed E-state index contributed by atoms with van der Waals surface area (Å²) in [4.78, 5) is 13.6. The molecule has 1 N–H and O–H groups in total. The number of amides is 1. The lowest BCUT2D eigenvalue weighted by Crippen LogP contribution is -2.28. The molecule has 2 rings (SSSR count). The third kappa shape index (κ3) is 2.09. The Kier molecular flexibility index (Phi) is 3.25. The minimum absolute atomic E-state index is 0.101. The van der Waals surface area contributed by atoms with E-state index in [-0.39, 0.29) is 24.5 Å². The van der Waals surface area contributed by atoms with Crippen molar-refractivity contribution in [3.05, 3.63) is 35.9 Å². The van der Waals surface area contributed by atoms with E-state index in [9.17, 15) is 4.79 Å². The summed E-state index contributed by atoms with van der Waals surface area (Å²) in [5.41, 5.74) is 1.15. The lowest BCUT2D eigenvalue weighted by molar-refractivity contribution is -0.129. The van der Waals surface area contributed by atoms with Gasteiger partial charge in [-0.05, 0) is 12.5 Å². The van der Waals surface area contributed by atoms with E-state index in [4.69, 9.17) is 5.11 Å². The SMILES string of the molecule is C[C@@H](c1ccccc1)N1C[C@@H](CO)CC1=O. The fourth-order valence-corrected chi connectivity index (χ4v) is 2.22. The van der Waals surface area contributed by atoms with Crippen molar-refractivity contribution < 1.29 is 9.90 Å². The first-order chi connectivity index (χ1) is 7.72. The zero-order valence-electron chi connectivity index (χ0n) is 9.47. The van der Waals surface area contributed by atoms with Gasteiger partial charge in [-0.3, -0.25) is 4.79 Å². The Hall–Kier alpha value is -1.35. The van der Waals surface area contributed by atoms with Gasteiger partial charge in [0.25, 0.3) is 0 Å². The molecule has 1 aliphatic heterocycles. The molecule has 1 aromatic rings. The number of aliphatic hydroxyl groups excluding tert-OH is 1. The maximum absolute atomic E-state index is 11.8. The first-order valence-corrected chi connectivity index (χ1v) is 5.67. The molecule has 3 nitrogen and oxygen atoms in total. The number of rotatable bonds is 3. The van der Waals surface area contributed by atoms with E-state index in [0.29, 0.717) is 13.0 Å². The highest BCUT2D eigenvalue weighted by Gasteiger charge is 2.32. The molecular formula is C13H17NO2. The molecule has 0 aromatic heterocycles. The molecule has 0 spiro atoms. The van der Waals surface area contributed by atoms with E-state index in [0.717, 1.165) is 5.56 Å². The van der Waals surface area contributed by atoms with Crippen LogP contribution in [0, 0.1) is 5.92 Å². The first-order valence-electron chi connectivity index (χ1n) is 5.67. The van der Waals surface area contributed by atoms with Crippen LogP contribution in [0.5, 0.6) is 0 Å². The fraction of sp³-hybridized carbons (Fsp3) is 0.462. The van der Waals surface area contributed by atoms with Crippen molar-refractivity contribution >= 4 is 5.91 Å². The van der Waals surface area contributed by atoms with E-state index in [1.807, 2.05) is 42.2 Å². The van der Waals surface area contributed by atoms with Crippen LogP contribution in [0.15, 0.2) is 30.3 Å². The number of benzene rings is 1. The molecule has 1 aliphatic rings. The van der Waals surface area contributed by atoms with Crippen LogP contribution < -0.4 is 0 Å². The van der Waals surface area contributed by atoms with E-state index in [1.165, 1.54) is 0 Å². The monoisotopic (exact) mass is 219 g/mol. The van der Waals surface area contributed by atoms with E-state index in [2.05, 4.69) is 0 Å². The van der Waals surface area contributed by atoms with Crippen molar-refractivity contribution in [3.63, 3.8) is 0 Å². The summed E-state index contributed by atoms with van der Waals surface area (Å²) >= 11 is 0. The molecule has 0 saturated carbocycles. The zero-order valence-corrected chi connectivity index (χ0v) is 9.47. The second kappa shape index (κ2) is 4.66. The second-order valence-corrected chi connectivity index (χ2v) is 4.39. The van der Waals surface area contributed by atoms with Gasteiger partial charge in [-0.1, -0.05) is 30.3 Å². The zero-order chi connectivity index (χ0) is 11.5. The van der Waals surface area contributed by atoms with Gasteiger partial charge >= 0.3 is 0 Å². The highest BCUT2D eigenvalue weighted by Crippen LogP contribution is 2.27. The second-order valence-electron chi connectivity index (χ2n) is 4.39. The summed E-state index contributed by atoms with van der Waals surface area (Å²) in [5.74, 6) is 0.258. The number of likely N-dealkylation sites (tertiary alicyclic amines) is 1. The third-order valence-corrected chi connectivity index (χ3v) is 3.25. The van der Waals surface area contributed by atoms with Gasteiger partial charge in [0.05, 0.1) is 6.04 Å². The van der Waals surface area contributed by atoms with Gasteiger partial charge < -0.3 is 10.0 Å². The van der Waals surface area contributed by atoms with Crippen LogP contribution in [-0.4, -0.2) is 29.1 Å². The molecule has 1 amide bonds. The third-order valence-electron chi connectivity index (χ3n) is 3.25. The van der Waals surface area contributed by atoms with Gasteiger partial charge in [-0.2, -0.15) is 0 Å². The van der Waals surface area contributed by atoms with Crippen LogP contribution in [-0.2, 0) is 4.79 Å². The summed E-state index contributed by atoms with van der Waals surface area (Å²) in [6.45, 7) is 2.81. The molecule has 0 radical (unpaired) electrons. The molecule has 16 heavy (non-hydrogen) atoms. The molecule has 3 heteroatoms. The summed E-state index contributed by atoms with van der Waals surface area (Å²) in [5, 5.41) is 9.08. The van der Waals surface area contributed by atoms with Gasteiger partial charge in [0.1, 0.15) is 0 Å². The number of nitrogens with zero attached hydrogens (tertiary/aromatic N) is 1. The lowest BCUT2D eigenvalue weighted by Gasteiger charge is -2.25. The van der Waals surface area contributed by atoms with Gasteiger partial charge in [0, 0.05) is 25.5 Å². The summed E-state index contributed by atoms with van der Waals surface area (Å²) < 4.78 is 0. The van der Waals surface area contributed by atoms with E-state index in [1.54, 1.807) is 0 Å². The molecular weight excluding hydrogens is 202 g/mol. The Bertz CT molecular complexity index is 363. The minimum Gasteiger partial charge on any atom is -0.396 e. The van der Waals surface area contributed by atoms with Crippen molar-refractivity contribution in [2.24, 2.45) is 5.92 Å². The van der Waals surface area contributed by atoms with Crippen LogP contribution in [0.4, 0.5) is 0 Å². The van der Waals surface area contributed by atoms with Crippen molar-refractivity contribution in [2.45, 2.75) is 19.4 Å². The van der Waals surface area contributed by atoms with Crippen molar-refractivity contribution in [2.75, 3.05) is 13.2 Å². The van der Waals surface area contributed by atoms with Gasteiger partial charge in [-0.15, -0.1) is 0 Å². The predicted molar refractivity (Wildman–Crippen MR) is 61.8 cm³/mol. The summed E-state index contributed by atoms with van der Waals surface area (Å²) in [6, 6.07) is 10.1. The number of aliphatic hydroxyl groups is 1. The quantitative estimate of drug-likeness (QED) is 0.838. The average Bonchev–Trinajstić information content (AvgIpc) is 2.71. The van der Waals surface area contributed by atoms with E-state index >= 15 is 0 Å². The molecule has 1 saturated heterocycles. The number of hydrogen-bond donors (Lipinski definition) is 1. The topological polar surface area (TPSA) is 40.5 Å². The normalized spacial score (nSPS) is 22.5. The van der Waals surface area contributed by atoms with Crippen LogP contribution in [0.1, 0.15) is 24.9 Å². The molecule has 2 atom stereocenters. The smallest absolute Gasteiger partial charge is 0.223 e. The largest absolute Gasteiger partial charge is 0.396 e. The van der Waals surface area contributed by atoms with Crippen LogP contribution >= 0.6 is 0 Å². The molecule has 1 aromatic carbocycles. The van der Waals surface area contributed by atoms with Crippen LogP contribution in [0.3, 0.4) is 0 Å². The highest BCUT2D eigenvalue weighted by molar-refractivity contribution is 5.79. The van der Waals surface area contributed by atoms with Gasteiger partial charge in [-0.25, -0.2) is 0 Å². The average molecular weight is 219 g/mol. The fourth-order valence-electron chi connectivity index (χ4n) is 2.22. The molecule has 0 aliphatic carbocycles. The highest BCUT2D eigenvalue weighted by atomic mass is 16.3. The number of carbonyl (C=O) groups excluding carboxylic acids is 1. The van der Waals surface area contributed by atoms with Crippen molar-refractivity contribution in [1.29, 1.82) is 0 Å². The molecule has 0 bridgehead atoms. The predicted octanol–water partition coefficient (Wildman–Crippen LogP) is 1.59. The van der Waals surface area contributed by atoms with E-state index < -0.39 is 0 Å². The Morgan fingerprint density at radius 1 is 1.44 bits per heavy atom. The van der Waals surface area contributed by atoms with Crippen molar-refractivity contribution in [1.82, 2.24) is 4.90 Å². The van der Waals surface area contributed by atoms with Crippen LogP contribution in [0.2, 0.25) is 0 Å². The molecule has 0 unspecified atom stereocenters. The lowest BCUT2D eigenvalue weighted by atomic mass is 10.1. The maximum Gasteiger partial charge on any atom is 0.223 e. The summed E-state index contributed by atoms with van der Waals surface area (Å²) in [7, 11) is 0. The Balaban J connectivity index is 2.11. The minimum atomic E-state index is 0.101. The Morgan fingerprint density at radius 3 is 2.69 bits per heavy atom. The van der Waals surface area contributed by atoms with Crippen molar-refractivity contribution in [3.8, 4) is 0 Å². The molecule has 1 heterocycles. The first kappa shape index (κ1) is 11.1. The number of hydrogen-bond acceptors (Lipinski definition) is 2. The van der Waals surface area contributed by atoms with Gasteiger partial charge in [0.15, 0.2) is 0 Å². The number of carbonyl (C=O) groups is 1.